The largest absolute Gasteiger partial charge is 0.310 e. The van der Waals surface area contributed by atoms with E-state index in [9.17, 15) is 0 Å². The first-order valence-electron chi connectivity index (χ1n) is 3.32. The van der Waals surface area contributed by atoms with Crippen molar-refractivity contribution in [2.75, 3.05) is 13.1 Å². The zero-order valence-electron chi connectivity index (χ0n) is 6.75. The van der Waals surface area contributed by atoms with Gasteiger partial charge in [-0.25, -0.2) is 0 Å². The number of carbonyl (C=O) groups is 1. The second-order valence-electron chi connectivity index (χ2n) is 1.61. The van der Waals surface area contributed by atoms with E-state index in [4.69, 9.17) is 4.79 Å². The Morgan fingerprint density at radius 2 is 1.45 bits per heavy atom. The fourth-order valence-corrected chi connectivity index (χ4v) is 0.287. The molecule has 2 nitrogen and oxygen atoms in total. The molecule has 0 aliphatic heterocycles. The summed E-state index contributed by atoms with van der Waals surface area (Å²) in [5.41, 5.74) is 0. The van der Waals surface area contributed by atoms with Crippen LogP contribution in [0.15, 0.2) is 38.0 Å². The highest BCUT2D eigenvalue weighted by atomic mass is 16.1. The monoisotopic (exact) mass is 153 g/mol. The maximum Gasteiger partial charge on any atom is 0.142 e. The van der Waals surface area contributed by atoms with Gasteiger partial charge in [0.05, 0.1) is 0 Å². The summed E-state index contributed by atoms with van der Waals surface area (Å²) in [7, 11) is 0. The summed E-state index contributed by atoms with van der Waals surface area (Å²) in [5, 5.41) is 3.05. The standard InChI is InChI=1S/C6H11N.C3H4O/c1-3-5-7-6-4-2;1-2-3-4/h3-4,7H,1-2,5-6H2;2-3H,1H2. The Balaban J connectivity index is 0. The number of rotatable bonds is 5. The molecule has 0 aliphatic carbocycles. The van der Waals surface area contributed by atoms with Gasteiger partial charge in [0.2, 0.25) is 0 Å². The first-order chi connectivity index (χ1) is 5.33. The Morgan fingerprint density at radius 1 is 1.09 bits per heavy atom. The summed E-state index contributed by atoms with van der Waals surface area (Å²) >= 11 is 0. The summed E-state index contributed by atoms with van der Waals surface area (Å²) in [5.74, 6) is 0. The van der Waals surface area contributed by atoms with E-state index in [1.807, 2.05) is 12.2 Å². The van der Waals surface area contributed by atoms with Gasteiger partial charge in [0, 0.05) is 13.1 Å². The lowest BCUT2D eigenvalue weighted by Crippen LogP contribution is -2.11. The fraction of sp³-hybridized carbons (Fsp3) is 0.222. The highest BCUT2D eigenvalue weighted by molar-refractivity contribution is 5.63. The molecule has 0 atom stereocenters. The van der Waals surface area contributed by atoms with Crippen molar-refractivity contribution in [3.05, 3.63) is 38.0 Å². The number of carbonyl (C=O) groups excluding carboxylic acids is 1. The van der Waals surface area contributed by atoms with E-state index in [1.54, 1.807) is 0 Å². The van der Waals surface area contributed by atoms with Gasteiger partial charge in [0.25, 0.3) is 0 Å². The third-order valence-electron chi connectivity index (χ3n) is 0.674. The normalized spacial score (nSPS) is 6.91. The molecule has 0 amide bonds. The van der Waals surface area contributed by atoms with E-state index in [-0.39, 0.29) is 0 Å². The molecule has 62 valence electrons. The SMILES string of the molecule is C=CC=O.C=CCNCC=C. The third kappa shape index (κ3) is 28.0. The van der Waals surface area contributed by atoms with E-state index in [2.05, 4.69) is 25.1 Å². The van der Waals surface area contributed by atoms with Gasteiger partial charge in [-0.1, -0.05) is 18.7 Å². The van der Waals surface area contributed by atoms with E-state index in [0.717, 1.165) is 13.1 Å². The molecule has 0 fully saturated rings. The molecular formula is C9H15NO. The molecule has 1 N–H and O–H groups in total. The summed E-state index contributed by atoms with van der Waals surface area (Å²) in [6.45, 7) is 11.9. The second kappa shape index (κ2) is 15.9. The predicted molar refractivity (Wildman–Crippen MR) is 49.5 cm³/mol. The van der Waals surface area contributed by atoms with Gasteiger partial charge in [0.15, 0.2) is 0 Å². The number of aldehydes is 1. The Kier molecular flexibility index (Phi) is 18.1. The van der Waals surface area contributed by atoms with Crippen LogP contribution in [0.4, 0.5) is 0 Å². The molecule has 0 rings (SSSR count). The number of hydrogen-bond acceptors (Lipinski definition) is 2. The van der Waals surface area contributed by atoms with Crippen LogP contribution in [0.3, 0.4) is 0 Å². The van der Waals surface area contributed by atoms with Gasteiger partial charge in [0.1, 0.15) is 6.29 Å². The van der Waals surface area contributed by atoms with Crippen LogP contribution in [0.5, 0.6) is 0 Å². The van der Waals surface area contributed by atoms with Crippen molar-refractivity contribution in [2.24, 2.45) is 0 Å². The quantitative estimate of drug-likeness (QED) is 0.279. The zero-order chi connectivity index (χ0) is 8.95. The molecule has 0 unspecified atom stereocenters. The lowest BCUT2D eigenvalue weighted by Gasteiger charge is -1.90. The maximum atomic E-state index is 9.06. The van der Waals surface area contributed by atoms with E-state index in [0.29, 0.717) is 6.29 Å². The average molecular weight is 153 g/mol. The van der Waals surface area contributed by atoms with Crippen LogP contribution in [-0.4, -0.2) is 19.4 Å². The minimum atomic E-state index is 0.639. The molecule has 0 saturated carbocycles. The van der Waals surface area contributed by atoms with Gasteiger partial charge in [-0.15, -0.1) is 13.2 Å². The second-order valence-corrected chi connectivity index (χ2v) is 1.61. The molecule has 0 aromatic carbocycles. The fourth-order valence-electron chi connectivity index (χ4n) is 0.287. The number of allylic oxidation sites excluding steroid dienone is 1. The van der Waals surface area contributed by atoms with Crippen LogP contribution in [0.2, 0.25) is 0 Å². The van der Waals surface area contributed by atoms with Crippen LogP contribution in [0.25, 0.3) is 0 Å². The topological polar surface area (TPSA) is 29.1 Å². The molecule has 0 aromatic heterocycles. The van der Waals surface area contributed by atoms with Crippen molar-refractivity contribution in [3.63, 3.8) is 0 Å². The van der Waals surface area contributed by atoms with Crippen molar-refractivity contribution in [2.45, 2.75) is 0 Å². The first-order valence-corrected chi connectivity index (χ1v) is 3.32. The minimum Gasteiger partial charge on any atom is -0.310 e. The molecule has 0 radical (unpaired) electrons. The molecule has 0 aliphatic rings. The van der Waals surface area contributed by atoms with Gasteiger partial charge >= 0.3 is 0 Å². The smallest absolute Gasteiger partial charge is 0.142 e. The lowest BCUT2D eigenvalue weighted by molar-refractivity contribution is -0.104. The van der Waals surface area contributed by atoms with Crippen LogP contribution in [-0.2, 0) is 4.79 Å². The molecule has 0 aromatic rings. The molecular weight excluding hydrogens is 138 g/mol. The molecule has 2 heteroatoms. The van der Waals surface area contributed by atoms with Gasteiger partial charge in [-0.2, -0.15) is 0 Å². The van der Waals surface area contributed by atoms with Crippen LogP contribution >= 0.6 is 0 Å². The van der Waals surface area contributed by atoms with E-state index < -0.39 is 0 Å². The van der Waals surface area contributed by atoms with Gasteiger partial charge < -0.3 is 5.32 Å². The first kappa shape index (κ1) is 12.5. The van der Waals surface area contributed by atoms with Gasteiger partial charge in [-0.05, 0) is 6.08 Å². The van der Waals surface area contributed by atoms with Crippen molar-refractivity contribution >= 4 is 6.29 Å². The summed E-state index contributed by atoms with van der Waals surface area (Å²) in [6.07, 6.45) is 5.48. The predicted octanol–water partition coefficient (Wildman–Crippen LogP) is 1.32. The summed E-state index contributed by atoms with van der Waals surface area (Å²) in [6, 6.07) is 0. The Labute approximate surface area is 68.3 Å². The average Bonchev–Trinajstić information content (AvgIpc) is 2.06. The van der Waals surface area contributed by atoms with Gasteiger partial charge in [-0.3, -0.25) is 4.79 Å². The zero-order valence-corrected chi connectivity index (χ0v) is 6.75. The Hall–Kier alpha value is -1.15. The van der Waals surface area contributed by atoms with E-state index >= 15 is 0 Å². The van der Waals surface area contributed by atoms with Crippen molar-refractivity contribution < 1.29 is 4.79 Å². The number of hydrogen-bond donors (Lipinski definition) is 1. The molecule has 0 bridgehead atoms. The lowest BCUT2D eigenvalue weighted by atomic mass is 10.5. The molecule has 0 heterocycles. The van der Waals surface area contributed by atoms with Crippen LogP contribution < -0.4 is 5.32 Å². The van der Waals surface area contributed by atoms with Crippen molar-refractivity contribution in [3.8, 4) is 0 Å². The van der Waals surface area contributed by atoms with Crippen LogP contribution in [0.1, 0.15) is 0 Å². The van der Waals surface area contributed by atoms with Crippen molar-refractivity contribution in [1.82, 2.24) is 5.32 Å². The molecule has 11 heavy (non-hydrogen) atoms. The maximum absolute atomic E-state index is 9.06. The highest BCUT2D eigenvalue weighted by Crippen LogP contribution is 1.59. The molecule has 0 saturated heterocycles. The van der Waals surface area contributed by atoms with E-state index in [1.165, 1.54) is 6.08 Å². The highest BCUT2D eigenvalue weighted by Gasteiger charge is 1.69. The van der Waals surface area contributed by atoms with Crippen molar-refractivity contribution in [1.29, 1.82) is 0 Å². The number of nitrogens with one attached hydrogen (secondary N) is 1. The summed E-state index contributed by atoms with van der Waals surface area (Å²) in [4.78, 5) is 9.06. The molecule has 0 spiro atoms. The summed E-state index contributed by atoms with van der Waals surface area (Å²) < 4.78 is 0. The minimum absolute atomic E-state index is 0.639. The Bertz CT molecular complexity index is 105. The Morgan fingerprint density at radius 3 is 1.64 bits per heavy atom. The third-order valence-corrected chi connectivity index (χ3v) is 0.674. The van der Waals surface area contributed by atoms with Crippen LogP contribution in [0, 0.1) is 0 Å².